The van der Waals surface area contributed by atoms with Crippen LogP contribution in [0, 0.1) is 10.1 Å². The number of nitro benzene ring substituents is 1. The van der Waals surface area contributed by atoms with Gasteiger partial charge in [0.25, 0.3) is 5.69 Å². The van der Waals surface area contributed by atoms with Crippen molar-refractivity contribution in [1.29, 1.82) is 0 Å². The Hall–Kier alpha value is -3.24. The number of nitrogens with zero attached hydrogens (tertiary/aromatic N) is 2. The van der Waals surface area contributed by atoms with Crippen LogP contribution in [0.15, 0.2) is 76.5 Å². The number of esters is 2. The molecule has 2 aromatic carbocycles. The van der Waals surface area contributed by atoms with Crippen LogP contribution in [0.5, 0.6) is 0 Å². The highest BCUT2D eigenvalue weighted by molar-refractivity contribution is 8.77. The summed E-state index contributed by atoms with van der Waals surface area (Å²) in [6.45, 7) is 3.60. The van der Waals surface area contributed by atoms with E-state index in [9.17, 15) is 19.7 Å². The SMILES string of the molecule is CCOC(=O)C1=C(SSCc2ccccc2)N(C)C(C)=C(C(=O)OC)C1c1cccc([N+](=O)[O-])c1. The lowest BCUT2D eigenvalue weighted by molar-refractivity contribution is -0.384. The first kappa shape index (κ1) is 26.4. The van der Waals surface area contributed by atoms with Crippen LogP contribution in [0.3, 0.4) is 0 Å². The number of rotatable bonds is 9. The van der Waals surface area contributed by atoms with Crippen molar-refractivity contribution >= 4 is 39.2 Å². The molecule has 0 aliphatic carbocycles. The monoisotopic (exact) mass is 514 g/mol. The number of hydrogen-bond acceptors (Lipinski definition) is 9. The Morgan fingerprint density at radius 3 is 2.43 bits per heavy atom. The highest BCUT2D eigenvalue weighted by atomic mass is 33.1. The predicted octanol–water partition coefficient (Wildman–Crippen LogP) is 5.43. The number of nitro groups is 1. The molecular weight excluding hydrogens is 488 g/mol. The van der Waals surface area contributed by atoms with E-state index in [1.54, 1.807) is 42.7 Å². The number of methoxy groups -OCH3 is 1. The van der Waals surface area contributed by atoms with Gasteiger partial charge >= 0.3 is 11.9 Å². The van der Waals surface area contributed by atoms with Gasteiger partial charge < -0.3 is 14.4 Å². The zero-order valence-electron chi connectivity index (χ0n) is 19.8. The summed E-state index contributed by atoms with van der Waals surface area (Å²) < 4.78 is 10.5. The van der Waals surface area contributed by atoms with E-state index in [-0.39, 0.29) is 23.4 Å². The van der Waals surface area contributed by atoms with Crippen LogP contribution in [0.1, 0.15) is 30.9 Å². The van der Waals surface area contributed by atoms with Crippen LogP contribution >= 0.6 is 21.6 Å². The van der Waals surface area contributed by atoms with Crippen molar-refractivity contribution in [3.8, 4) is 0 Å². The Kier molecular flexibility index (Phi) is 9.00. The van der Waals surface area contributed by atoms with Gasteiger partial charge in [0, 0.05) is 30.6 Å². The van der Waals surface area contributed by atoms with Crippen LogP contribution < -0.4 is 0 Å². The molecule has 10 heteroatoms. The zero-order valence-corrected chi connectivity index (χ0v) is 21.5. The second-order valence-corrected chi connectivity index (χ2v) is 9.89. The average Bonchev–Trinajstić information content (AvgIpc) is 2.86. The molecule has 1 aliphatic heterocycles. The summed E-state index contributed by atoms with van der Waals surface area (Å²) in [4.78, 5) is 39.0. The van der Waals surface area contributed by atoms with E-state index in [2.05, 4.69) is 0 Å². The van der Waals surface area contributed by atoms with Crippen molar-refractivity contribution in [1.82, 2.24) is 4.90 Å². The Morgan fingerprint density at radius 2 is 1.80 bits per heavy atom. The number of non-ortho nitro benzene ring substituents is 1. The summed E-state index contributed by atoms with van der Waals surface area (Å²) in [6, 6.07) is 15.9. The van der Waals surface area contributed by atoms with E-state index in [4.69, 9.17) is 9.47 Å². The highest BCUT2D eigenvalue weighted by Crippen LogP contribution is 2.49. The highest BCUT2D eigenvalue weighted by Gasteiger charge is 2.41. The maximum atomic E-state index is 13.3. The van der Waals surface area contributed by atoms with Gasteiger partial charge in [0.05, 0.1) is 40.7 Å². The van der Waals surface area contributed by atoms with E-state index in [0.29, 0.717) is 22.0 Å². The first-order valence-electron chi connectivity index (χ1n) is 10.8. The van der Waals surface area contributed by atoms with Gasteiger partial charge in [0.15, 0.2) is 0 Å². The molecule has 0 radical (unpaired) electrons. The summed E-state index contributed by atoms with van der Waals surface area (Å²) >= 11 is 0. The van der Waals surface area contributed by atoms with Crippen LogP contribution in [-0.4, -0.2) is 42.5 Å². The molecular formula is C25H26N2O6S2. The molecule has 8 nitrogen and oxygen atoms in total. The Balaban J connectivity index is 2.15. The maximum Gasteiger partial charge on any atom is 0.337 e. The topological polar surface area (TPSA) is 99.0 Å². The fourth-order valence-electron chi connectivity index (χ4n) is 3.76. The van der Waals surface area contributed by atoms with Crippen LogP contribution in [-0.2, 0) is 24.8 Å². The minimum atomic E-state index is -0.891. The van der Waals surface area contributed by atoms with Gasteiger partial charge in [-0.05, 0) is 35.8 Å². The van der Waals surface area contributed by atoms with E-state index < -0.39 is 22.8 Å². The second-order valence-electron chi connectivity index (χ2n) is 7.61. The fraction of sp³-hybridized carbons (Fsp3) is 0.280. The molecule has 0 saturated heterocycles. The number of ether oxygens (including phenoxy) is 2. The van der Waals surface area contributed by atoms with Crippen molar-refractivity contribution < 1.29 is 24.0 Å². The van der Waals surface area contributed by atoms with Gasteiger partial charge in [0.1, 0.15) is 0 Å². The van der Waals surface area contributed by atoms with Crippen LogP contribution in [0.2, 0.25) is 0 Å². The van der Waals surface area contributed by atoms with E-state index in [0.717, 1.165) is 5.56 Å². The van der Waals surface area contributed by atoms with E-state index in [1.807, 2.05) is 30.3 Å². The smallest absolute Gasteiger partial charge is 0.337 e. The molecule has 0 N–H and O–H groups in total. The quantitative estimate of drug-likeness (QED) is 0.188. The standard InChI is InChI=1S/C25H26N2O6S2/c1-5-33-25(29)22-21(18-12-9-13-19(14-18)27(30)31)20(24(28)32-4)16(2)26(3)23(22)35-34-15-17-10-7-6-8-11-17/h6-14,21H,5,15H2,1-4H3. The molecule has 0 spiro atoms. The van der Waals surface area contributed by atoms with Gasteiger partial charge in [-0.15, -0.1) is 0 Å². The van der Waals surface area contributed by atoms with Crippen molar-refractivity contribution in [3.05, 3.63) is 97.7 Å². The van der Waals surface area contributed by atoms with Crippen molar-refractivity contribution in [2.75, 3.05) is 20.8 Å². The lowest BCUT2D eigenvalue weighted by Gasteiger charge is -2.36. The van der Waals surface area contributed by atoms with Gasteiger partial charge in [-0.3, -0.25) is 10.1 Å². The number of carbonyl (C=O) groups excluding carboxylic acids is 2. The van der Waals surface area contributed by atoms with Gasteiger partial charge in [-0.25, -0.2) is 9.59 Å². The number of allylic oxidation sites excluding steroid dienone is 1. The summed E-state index contributed by atoms with van der Waals surface area (Å²) in [5.41, 5.74) is 2.48. The molecule has 0 bridgehead atoms. The summed E-state index contributed by atoms with van der Waals surface area (Å²) in [7, 11) is 5.97. The molecule has 0 saturated carbocycles. The fourth-order valence-corrected chi connectivity index (χ4v) is 6.32. The minimum absolute atomic E-state index is 0.138. The summed E-state index contributed by atoms with van der Waals surface area (Å²) in [5.74, 6) is -1.41. The average molecular weight is 515 g/mol. The van der Waals surface area contributed by atoms with Crippen LogP contribution in [0.25, 0.3) is 0 Å². The Bertz CT molecular complexity index is 1180. The lowest BCUT2D eigenvalue weighted by Crippen LogP contribution is -2.33. The third-order valence-corrected chi connectivity index (χ3v) is 7.93. The molecule has 0 fully saturated rings. The van der Waals surface area contributed by atoms with Crippen molar-refractivity contribution in [2.24, 2.45) is 0 Å². The lowest BCUT2D eigenvalue weighted by atomic mass is 9.81. The first-order valence-corrected chi connectivity index (χ1v) is 13.1. The Morgan fingerprint density at radius 1 is 1.09 bits per heavy atom. The molecule has 1 aliphatic rings. The maximum absolute atomic E-state index is 13.3. The zero-order chi connectivity index (χ0) is 25.5. The molecule has 3 rings (SSSR count). The number of carbonyl (C=O) groups is 2. The van der Waals surface area contributed by atoms with Gasteiger partial charge in [0.2, 0.25) is 0 Å². The molecule has 35 heavy (non-hydrogen) atoms. The summed E-state index contributed by atoms with van der Waals surface area (Å²) in [5, 5.41) is 12.1. The molecule has 1 atom stereocenters. The molecule has 0 aromatic heterocycles. The van der Waals surface area contributed by atoms with Gasteiger partial charge in [-0.2, -0.15) is 0 Å². The number of benzene rings is 2. The van der Waals surface area contributed by atoms with Crippen LogP contribution in [0.4, 0.5) is 5.69 Å². The Labute approximate surface area is 211 Å². The molecule has 184 valence electrons. The van der Waals surface area contributed by atoms with Crippen molar-refractivity contribution in [3.63, 3.8) is 0 Å². The third-order valence-electron chi connectivity index (χ3n) is 5.53. The first-order chi connectivity index (χ1) is 16.8. The molecule has 1 heterocycles. The van der Waals surface area contributed by atoms with E-state index in [1.165, 1.54) is 36.1 Å². The third kappa shape index (κ3) is 5.88. The van der Waals surface area contributed by atoms with E-state index >= 15 is 0 Å². The molecule has 1 unspecified atom stereocenters. The molecule has 0 amide bonds. The predicted molar refractivity (Wildman–Crippen MR) is 137 cm³/mol. The number of hydrogen-bond donors (Lipinski definition) is 0. The normalized spacial score (nSPS) is 15.8. The van der Waals surface area contributed by atoms with Crippen molar-refractivity contribution in [2.45, 2.75) is 25.5 Å². The largest absolute Gasteiger partial charge is 0.466 e. The molecule has 2 aromatic rings. The van der Waals surface area contributed by atoms with Gasteiger partial charge in [-0.1, -0.05) is 53.3 Å². The minimum Gasteiger partial charge on any atom is -0.466 e. The summed E-state index contributed by atoms with van der Waals surface area (Å²) in [6.07, 6.45) is 0. The second kappa shape index (κ2) is 11.9.